The molecule has 1 aromatic heterocycles. The van der Waals surface area contributed by atoms with Crippen molar-refractivity contribution in [2.75, 3.05) is 26.7 Å². The van der Waals surface area contributed by atoms with Crippen LogP contribution in [0.25, 0.3) is 0 Å². The maximum absolute atomic E-state index is 5.69. The molecule has 1 saturated carbocycles. The zero-order valence-electron chi connectivity index (χ0n) is 17.9. The Hall–Kier alpha value is -2.60. The fraction of sp³-hybridized carbons (Fsp3) is 0.500. The van der Waals surface area contributed by atoms with E-state index >= 15 is 0 Å². The zero-order valence-corrected chi connectivity index (χ0v) is 17.9. The van der Waals surface area contributed by atoms with Gasteiger partial charge in [0.2, 0.25) is 5.88 Å². The number of pyridine rings is 1. The van der Waals surface area contributed by atoms with E-state index in [-0.39, 0.29) is 0 Å². The van der Waals surface area contributed by atoms with Crippen molar-refractivity contribution in [3.8, 4) is 5.88 Å². The molecule has 0 bridgehead atoms. The van der Waals surface area contributed by atoms with Crippen molar-refractivity contribution < 1.29 is 4.74 Å². The van der Waals surface area contributed by atoms with Gasteiger partial charge in [-0.05, 0) is 61.4 Å². The van der Waals surface area contributed by atoms with Crippen LogP contribution in [0.5, 0.6) is 5.88 Å². The van der Waals surface area contributed by atoms with Crippen LogP contribution in [0.2, 0.25) is 0 Å². The summed E-state index contributed by atoms with van der Waals surface area (Å²) in [6.07, 6.45) is 7.11. The van der Waals surface area contributed by atoms with Gasteiger partial charge >= 0.3 is 0 Å². The molecule has 2 aliphatic rings. The first-order chi connectivity index (χ1) is 14.8. The van der Waals surface area contributed by atoms with Crippen LogP contribution in [0.15, 0.2) is 47.6 Å². The van der Waals surface area contributed by atoms with Gasteiger partial charge in [-0.15, -0.1) is 0 Å². The van der Waals surface area contributed by atoms with Crippen LogP contribution in [-0.2, 0) is 19.6 Å². The monoisotopic (exact) mass is 407 g/mol. The maximum atomic E-state index is 5.69. The summed E-state index contributed by atoms with van der Waals surface area (Å²) in [6.45, 7) is 5.74. The van der Waals surface area contributed by atoms with Crippen molar-refractivity contribution in [1.29, 1.82) is 0 Å². The topological polar surface area (TPSA) is 61.8 Å². The molecule has 1 saturated heterocycles. The minimum Gasteiger partial charge on any atom is -0.477 e. The Morgan fingerprint density at radius 3 is 2.30 bits per heavy atom. The van der Waals surface area contributed by atoms with Crippen LogP contribution in [0.3, 0.4) is 0 Å². The van der Waals surface area contributed by atoms with E-state index in [2.05, 4.69) is 55.8 Å². The molecule has 0 atom stereocenters. The smallest absolute Gasteiger partial charge is 0.213 e. The molecule has 1 aromatic carbocycles. The summed E-state index contributed by atoms with van der Waals surface area (Å²) in [6, 6.07) is 12.9. The summed E-state index contributed by atoms with van der Waals surface area (Å²) in [5.74, 6) is 2.23. The van der Waals surface area contributed by atoms with Gasteiger partial charge < -0.3 is 15.4 Å². The second kappa shape index (κ2) is 10.4. The van der Waals surface area contributed by atoms with E-state index in [9.17, 15) is 0 Å². The number of nitrogens with one attached hydrogen (secondary N) is 2. The fourth-order valence-corrected chi connectivity index (χ4v) is 3.64. The molecule has 0 radical (unpaired) electrons. The standard InChI is InChI=1S/C24H33N5O/c1-25-24(28-16-22-10-11-23(26-15-22)30-18-21-8-9-21)27-14-19-4-6-20(7-5-19)17-29-12-2-3-13-29/h4-7,10-11,15,21H,2-3,8-9,12-14,16-18H2,1H3,(H2,25,27,28). The third kappa shape index (κ3) is 6.46. The minimum absolute atomic E-state index is 0.671. The molecule has 2 N–H and O–H groups in total. The number of likely N-dealkylation sites (tertiary alicyclic amines) is 1. The van der Waals surface area contributed by atoms with E-state index in [1.165, 1.54) is 49.9 Å². The number of benzene rings is 1. The van der Waals surface area contributed by atoms with E-state index < -0.39 is 0 Å². The van der Waals surface area contributed by atoms with Gasteiger partial charge in [0.25, 0.3) is 0 Å². The van der Waals surface area contributed by atoms with Crippen molar-refractivity contribution in [2.24, 2.45) is 10.9 Å². The maximum Gasteiger partial charge on any atom is 0.213 e. The summed E-state index contributed by atoms with van der Waals surface area (Å²) in [7, 11) is 1.79. The SMILES string of the molecule is CN=C(NCc1ccc(CN2CCCC2)cc1)NCc1ccc(OCC2CC2)nc1. The van der Waals surface area contributed by atoms with Crippen LogP contribution in [0, 0.1) is 5.92 Å². The van der Waals surface area contributed by atoms with Crippen LogP contribution in [0.1, 0.15) is 42.4 Å². The Morgan fingerprint density at radius 2 is 1.67 bits per heavy atom. The van der Waals surface area contributed by atoms with Gasteiger partial charge in [0, 0.05) is 38.9 Å². The third-order valence-corrected chi connectivity index (χ3v) is 5.73. The van der Waals surface area contributed by atoms with Gasteiger partial charge in [-0.25, -0.2) is 4.98 Å². The van der Waals surface area contributed by atoms with Gasteiger partial charge in [-0.3, -0.25) is 9.89 Å². The molecule has 30 heavy (non-hydrogen) atoms. The molecular weight excluding hydrogens is 374 g/mol. The summed E-state index contributed by atoms with van der Waals surface area (Å²) in [5, 5.41) is 6.73. The number of hydrogen-bond donors (Lipinski definition) is 2. The minimum atomic E-state index is 0.671. The summed E-state index contributed by atoms with van der Waals surface area (Å²) >= 11 is 0. The Kier molecular flexibility index (Phi) is 7.19. The van der Waals surface area contributed by atoms with Crippen molar-refractivity contribution in [3.63, 3.8) is 0 Å². The molecule has 2 fully saturated rings. The molecule has 160 valence electrons. The number of aromatic nitrogens is 1. The number of hydrogen-bond acceptors (Lipinski definition) is 4. The highest BCUT2D eigenvalue weighted by Crippen LogP contribution is 2.29. The number of rotatable bonds is 9. The normalized spacial score (nSPS) is 17.2. The lowest BCUT2D eigenvalue weighted by Crippen LogP contribution is -2.36. The Morgan fingerprint density at radius 1 is 1.00 bits per heavy atom. The van der Waals surface area contributed by atoms with Crippen LogP contribution in [-0.4, -0.2) is 42.6 Å². The molecule has 2 heterocycles. The number of ether oxygens (including phenoxy) is 1. The quantitative estimate of drug-likeness (QED) is 0.493. The lowest BCUT2D eigenvalue weighted by atomic mass is 10.1. The van der Waals surface area contributed by atoms with Crippen LogP contribution in [0.4, 0.5) is 0 Å². The third-order valence-electron chi connectivity index (χ3n) is 5.73. The number of guanidine groups is 1. The van der Waals surface area contributed by atoms with E-state index in [1.807, 2.05) is 12.3 Å². The number of nitrogens with zero attached hydrogens (tertiary/aromatic N) is 3. The molecule has 0 spiro atoms. The zero-order chi connectivity index (χ0) is 20.6. The second-order valence-electron chi connectivity index (χ2n) is 8.34. The van der Waals surface area contributed by atoms with Gasteiger partial charge in [-0.1, -0.05) is 30.3 Å². The first-order valence-electron chi connectivity index (χ1n) is 11.1. The average molecular weight is 408 g/mol. The molecule has 4 rings (SSSR count). The van der Waals surface area contributed by atoms with E-state index in [1.54, 1.807) is 7.05 Å². The summed E-state index contributed by atoms with van der Waals surface area (Å²) in [4.78, 5) is 11.2. The molecule has 0 unspecified atom stereocenters. The Balaban J connectivity index is 1.18. The van der Waals surface area contributed by atoms with Crippen molar-refractivity contribution in [3.05, 3.63) is 59.3 Å². The Bertz CT molecular complexity index is 808. The molecule has 1 aliphatic heterocycles. The highest BCUT2D eigenvalue weighted by molar-refractivity contribution is 5.79. The summed E-state index contributed by atoms with van der Waals surface area (Å²) < 4.78 is 5.69. The first kappa shape index (κ1) is 20.7. The van der Waals surface area contributed by atoms with Crippen molar-refractivity contribution >= 4 is 5.96 Å². The van der Waals surface area contributed by atoms with Crippen LogP contribution < -0.4 is 15.4 Å². The van der Waals surface area contributed by atoms with Gasteiger partial charge in [-0.2, -0.15) is 0 Å². The lowest BCUT2D eigenvalue weighted by Gasteiger charge is -2.15. The van der Waals surface area contributed by atoms with Crippen LogP contribution >= 0.6 is 0 Å². The predicted octanol–water partition coefficient (Wildman–Crippen LogP) is 3.33. The summed E-state index contributed by atoms with van der Waals surface area (Å²) in [5.41, 5.74) is 3.74. The second-order valence-corrected chi connectivity index (χ2v) is 8.34. The Labute approximate surface area is 179 Å². The molecule has 0 amide bonds. The first-order valence-corrected chi connectivity index (χ1v) is 11.1. The van der Waals surface area contributed by atoms with Gasteiger partial charge in [0.1, 0.15) is 0 Å². The molecule has 6 heteroatoms. The van der Waals surface area contributed by atoms with Crippen molar-refractivity contribution in [1.82, 2.24) is 20.5 Å². The van der Waals surface area contributed by atoms with Gasteiger partial charge in [0.15, 0.2) is 5.96 Å². The molecule has 2 aromatic rings. The molecular formula is C24H33N5O. The fourth-order valence-electron chi connectivity index (χ4n) is 3.64. The molecule has 6 nitrogen and oxygen atoms in total. The van der Waals surface area contributed by atoms with Crippen molar-refractivity contribution in [2.45, 2.75) is 45.3 Å². The predicted molar refractivity (Wildman–Crippen MR) is 120 cm³/mol. The highest BCUT2D eigenvalue weighted by atomic mass is 16.5. The lowest BCUT2D eigenvalue weighted by molar-refractivity contribution is 0.288. The average Bonchev–Trinajstić information content (AvgIpc) is 3.48. The van der Waals surface area contributed by atoms with Gasteiger partial charge in [0.05, 0.1) is 6.61 Å². The van der Waals surface area contributed by atoms with E-state index in [0.29, 0.717) is 12.4 Å². The number of aliphatic imine (C=N–C) groups is 1. The molecule has 1 aliphatic carbocycles. The van der Waals surface area contributed by atoms with E-state index in [4.69, 9.17) is 4.74 Å². The van der Waals surface area contributed by atoms with E-state index in [0.717, 1.165) is 37.1 Å². The highest BCUT2D eigenvalue weighted by Gasteiger charge is 2.22. The largest absolute Gasteiger partial charge is 0.477 e.